The molecule has 2 unspecified atom stereocenters. The second kappa shape index (κ2) is 2.65. The molecule has 0 radical (unpaired) electrons. The van der Waals surface area contributed by atoms with E-state index >= 15 is 0 Å². The Labute approximate surface area is 78.9 Å². The Kier molecular flexibility index (Phi) is 1.70. The first kappa shape index (κ1) is 7.69. The highest BCUT2D eigenvalue weighted by molar-refractivity contribution is 8.00. The van der Waals surface area contributed by atoms with Gasteiger partial charge in [-0.2, -0.15) is 0 Å². The summed E-state index contributed by atoms with van der Waals surface area (Å²) in [5.41, 5.74) is 0. The molecule has 1 aliphatic carbocycles. The lowest BCUT2D eigenvalue weighted by molar-refractivity contribution is 0.106. The normalized spacial score (nSPS) is 47.5. The second-order valence-corrected chi connectivity index (χ2v) is 5.82. The monoisotopic (exact) mass is 183 g/mol. The van der Waals surface area contributed by atoms with Gasteiger partial charge in [0.15, 0.2) is 0 Å². The zero-order valence-electron chi connectivity index (χ0n) is 7.59. The molecule has 2 atom stereocenters. The smallest absolute Gasteiger partial charge is 0.0699 e. The minimum atomic E-state index is 0.651. The molecule has 0 amide bonds. The summed E-state index contributed by atoms with van der Waals surface area (Å²) in [5.74, 6) is 2.45. The van der Waals surface area contributed by atoms with Gasteiger partial charge in [0, 0.05) is 12.3 Å². The Morgan fingerprint density at radius 2 is 2.08 bits per heavy atom. The molecular weight excluding hydrogens is 166 g/mol. The van der Waals surface area contributed by atoms with Crippen LogP contribution in [-0.4, -0.2) is 28.6 Å². The van der Waals surface area contributed by atoms with Crippen molar-refractivity contribution in [2.45, 2.75) is 37.0 Å². The fraction of sp³-hybridized carbons (Fsp3) is 1.00. The van der Waals surface area contributed by atoms with Crippen molar-refractivity contribution in [2.24, 2.45) is 5.92 Å². The molecule has 2 heteroatoms. The van der Waals surface area contributed by atoms with E-state index in [1.165, 1.54) is 50.9 Å². The van der Waals surface area contributed by atoms with Crippen molar-refractivity contribution >= 4 is 11.8 Å². The van der Waals surface area contributed by atoms with Crippen LogP contribution in [0.4, 0.5) is 0 Å². The van der Waals surface area contributed by atoms with Crippen LogP contribution < -0.4 is 0 Å². The Hall–Kier alpha value is 0.310. The summed E-state index contributed by atoms with van der Waals surface area (Å²) in [5, 5.41) is 0. The van der Waals surface area contributed by atoms with Gasteiger partial charge in [0.05, 0.1) is 4.87 Å². The summed E-state index contributed by atoms with van der Waals surface area (Å²) in [6.45, 7) is 2.77. The van der Waals surface area contributed by atoms with Crippen LogP contribution in [0.3, 0.4) is 0 Å². The highest BCUT2D eigenvalue weighted by Crippen LogP contribution is 2.55. The molecule has 12 heavy (non-hydrogen) atoms. The van der Waals surface area contributed by atoms with Crippen molar-refractivity contribution in [3.05, 3.63) is 0 Å². The number of hydrogen-bond acceptors (Lipinski definition) is 2. The average molecular weight is 183 g/mol. The lowest BCUT2D eigenvalue weighted by Crippen LogP contribution is -2.48. The van der Waals surface area contributed by atoms with Gasteiger partial charge in [-0.15, -0.1) is 11.8 Å². The first-order chi connectivity index (χ1) is 5.92. The third-order valence-electron chi connectivity index (χ3n) is 3.95. The van der Waals surface area contributed by atoms with Crippen LogP contribution in [-0.2, 0) is 0 Å². The van der Waals surface area contributed by atoms with E-state index in [1.807, 2.05) is 0 Å². The molecule has 2 saturated heterocycles. The van der Waals surface area contributed by atoms with Gasteiger partial charge in [-0.05, 0) is 38.1 Å². The standard InChI is InChI=1S/C10H17NS/c1-3-9-4-2-6-11-7-8-12-10(9,11)5-1/h9H,1-8H2. The third-order valence-corrected chi connectivity index (χ3v) is 5.64. The van der Waals surface area contributed by atoms with Gasteiger partial charge in [0.2, 0.25) is 0 Å². The molecule has 1 saturated carbocycles. The van der Waals surface area contributed by atoms with Crippen molar-refractivity contribution in [1.29, 1.82) is 0 Å². The Morgan fingerprint density at radius 3 is 3.08 bits per heavy atom. The van der Waals surface area contributed by atoms with Gasteiger partial charge in [0.25, 0.3) is 0 Å². The maximum Gasteiger partial charge on any atom is 0.0699 e. The topological polar surface area (TPSA) is 3.24 Å². The third kappa shape index (κ3) is 0.856. The first-order valence-electron chi connectivity index (χ1n) is 5.31. The van der Waals surface area contributed by atoms with Crippen molar-refractivity contribution in [3.8, 4) is 0 Å². The molecule has 68 valence electrons. The number of hydrogen-bond donors (Lipinski definition) is 0. The molecule has 2 heterocycles. The summed E-state index contributed by atoms with van der Waals surface area (Å²) in [6.07, 6.45) is 7.48. The molecule has 0 aromatic carbocycles. The van der Waals surface area contributed by atoms with Gasteiger partial charge in [-0.3, -0.25) is 4.90 Å². The largest absolute Gasteiger partial charge is 0.288 e. The number of rotatable bonds is 0. The molecule has 0 aromatic heterocycles. The Balaban J connectivity index is 1.93. The fourth-order valence-electron chi connectivity index (χ4n) is 3.45. The summed E-state index contributed by atoms with van der Waals surface area (Å²) >= 11 is 2.27. The van der Waals surface area contributed by atoms with Crippen molar-refractivity contribution in [2.75, 3.05) is 18.8 Å². The van der Waals surface area contributed by atoms with Crippen LogP contribution in [0.1, 0.15) is 32.1 Å². The lowest BCUT2D eigenvalue weighted by Gasteiger charge is -2.43. The number of nitrogens with zero attached hydrogens (tertiary/aromatic N) is 1. The zero-order chi connectivity index (χ0) is 8.02. The summed E-state index contributed by atoms with van der Waals surface area (Å²) in [7, 11) is 0. The van der Waals surface area contributed by atoms with Crippen LogP contribution in [0, 0.1) is 5.92 Å². The fourth-order valence-corrected chi connectivity index (χ4v) is 5.24. The highest BCUT2D eigenvalue weighted by atomic mass is 32.2. The molecule has 3 fully saturated rings. The summed E-state index contributed by atoms with van der Waals surface area (Å²) in [6, 6.07) is 0. The zero-order valence-corrected chi connectivity index (χ0v) is 8.41. The molecule has 0 N–H and O–H groups in total. The van der Waals surface area contributed by atoms with Gasteiger partial charge in [-0.1, -0.05) is 6.42 Å². The van der Waals surface area contributed by atoms with Crippen LogP contribution >= 0.6 is 11.8 Å². The molecule has 1 nitrogen and oxygen atoms in total. The molecule has 1 spiro atoms. The van der Waals surface area contributed by atoms with Gasteiger partial charge < -0.3 is 0 Å². The van der Waals surface area contributed by atoms with E-state index < -0.39 is 0 Å². The van der Waals surface area contributed by atoms with E-state index in [9.17, 15) is 0 Å². The average Bonchev–Trinajstić information content (AvgIpc) is 2.63. The van der Waals surface area contributed by atoms with Crippen LogP contribution in [0.15, 0.2) is 0 Å². The van der Waals surface area contributed by atoms with Crippen molar-refractivity contribution in [3.63, 3.8) is 0 Å². The predicted molar refractivity (Wildman–Crippen MR) is 53.3 cm³/mol. The van der Waals surface area contributed by atoms with E-state index in [0.29, 0.717) is 4.87 Å². The summed E-state index contributed by atoms with van der Waals surface area (Å²) < 4.78 is 0. The molecule has 0 aromatic rings. The SMILES string of the molecule is C1CC2CCCC23SCCN3C1. The van der Waals surface area contributed by atoms with E-state index in [4.69, 9.17) is 0 Å². The van der Waals surface area contributed by atoms with Gasteiger partial charge in [-0.25, -0.2) is 0 Å². The molecule has 2 aliphatic heterocycles. The lowest BCUT2D eigenvalue weighted by atomic mass is 9.91. The first-order valence-corrected chi connectivity index (χ1v) is 6.29. The quantitative estimate of drug-likeness (QED) is 0.567. The molecule has 3 rings (SSSR count). The highest BCUT2D eigenvalue weighted by Gasteiger charge is 2.51. The van der Waals surface area contributed by atoms with Crippen LogP contribution in [0.2, 0.25) is 0 Å². The predicted octanol–water partition coefficient (Wildman–Crippen LogP) is 2.33. The molecule has 3 aliphatic rings. The van der Waals surface area contributed by atoms with Gasteiger partial charge >= 0.3 is 0 Å². The minimum Gasteiger partial charge on any atom is -0.288 e. The van der Waals surface area contributed by atoms with Crippen LogP contribution in [0.25, 0.3) is 0 Å². The maximum atomic E-state index is 2.79. The Bertz CT molecular complexity index is 172. The van der Waals surface area contributed by atoms with E-state index in [2.05, 4.69) is 16.7 Å². The number of thioether (sulfide) groups is 1. The second-order valence-electron chi connectivity index (χ2n) is 4.41. The summed E-state index contributed by atoms with van der Waals surface area (Å²) in [4.78, 5) is 3.44. The minimum absolute atomic E-state index is 0.651. The Morgan fingerprint density at radius 1 is 1.17 bits per heavy atom. The van der Waals surface area contributed by atoms with Crippen molar-refractivity contribution < 1.29 is 0 Å². The maximum absolute atomic E-state index is 2.79. The van der Waals surface area contributed by atoms with Gasteiger partial charge in [0.1, 0.15) is 0 Å². The van der Waals surface area contributed by atoms with E-state index in [-0.39, 0.29) is 0 Å². The van der Waals surface area contributed by atoms with E-state index in [1.54, 1.807) is 0 Å². The van der Waals surface area contributed by atoms with E-state index in [0.717, 1.165) is 5.92 Å². The van der Waals surface area contributed by atoms with Crippen molar-refractivity contribution in [1.82, 2.24) is 4.90 Å². The van der Waals surface area contributed by atoms with Crippen LogP contribution in [0.5, 0.6) is 0 Å². The number of piperidine rings is 1. The molecular formula is C10H17NS. The molecule has 0 bridgehead atoms.